The fraction of sp³-hybridized carbons (Fsp3) is 0.273. The average Bonchev–Trinajstić information content (AvgIpc) is 2.67. The second kappa shape index (κ2) is 9.44. The lowest BCUT2D eigenvalue weighted by Gasteiger charge is -2.15. The number of benzene rings is 2. The predicted octanol–water partition coefficient (Wildman–Crippen LogP) is 4.27. The maximum absolute atomic E-state index is 12.5. The lowest BCUT2D eigenvalue weighted by atomic mass is 10.1. The standard InChI is InChI=1S/C22H24N2O3/c1-15(2)27-20-11-10-17(13-21(20)26-4)12-19(14-23)22(25)24-16(3)18-8-6-5-7-9-18/h5-13,15-16H,1-4H3,(H,24,25)/b19-12+/t16-/m0/s1. The Morgan fingerprint density at radius 3 is 2.41 bits per heavy atom. The number of ether oxygens (including phenoxy) is 2. The summed E-state index contributed by atoms with van der Waals surface area (Å²) in [5.74, 6) is 0.744. The first-order valence-corrected chi connectivity index (χ1v) is 8.77. The Labute approximate surface area is 160 Å². The van der Waals surface area contributed by atoms with Crippen LogP contribution in [0.5, 0.6) is 11.5 Å². The summed E-state index contributed by atoms with van der Waals surface area (Å²) in [6.07, 6.45) is 1.55. The topological polar surface area (TPSA) is 71.3 Å². The molecule has 0 spiro atoms. The Bertz CT molecular complexity index is 852. The summed E-state index contributed by atoms with van der Waals surface area (Å²) in [5.41, 5.74) is 1.68. The first-order valence-electron chi connectivity index (χ1n) is 8.77. The monoisotopic (exact) mass is 364 g/mol. The van der Waals surface area contributed by atoms with Gasteiger partial charge in [-0.05, 0) is 50.1 Å². The SMILES string of the molecule is COc1cc(/C=C(\C#N)C(=O)N[C@@H](C)c2ccccc2)ccc1OC(C)C. The van der Waals surface area contributed by atoms with Crippen LogP contribution in [0, 0.1) is 11.3 Å². The molecule has 1 N–H and O–H groups in total. The summed E-state index contributed by atoms with van der Waals surface area (Å²) in [4.78, 5) is 12.5. The van der Waals surface area contributed by atoms with E-state index in [1.54, 1.807) is 25.3 Å². The molecule has 0 fully saturated rings. The normalized spacial score (nSPS) is 12.2. The van der Waals surface area contributed by atoms with E-state index in [1.807, 2.05) is 57.2 Å². The highest BCUT2D eigenvalue weighted by Gasteiger charge is 2.14. The second-order valence-corrected chi connectivity index (χ2v) is 6.35. The molecule has 0 radical (unpaired) electrons. The molecular formula is C22H24N2O3. The number of rotatable bonds is 7. The van der Waals surface area contributed by atoms with Gasteiger partial charge >= 0.3 is 0 Å². The molecule has 2 rings (SSSR count). The van der Waals surface area contributed by atoms with Gasteiger partial charge in [0.05, 0.1) is 19.3 Å². The van der Waals surface area contributed by atoms with Gasteiger partial charge in [-0.25, -0.2) is 0 Å². The van der Waals surface area contributed by atoms with E-state index in [1.165, 1.54) is 6.08 Å². The Balaban J connectivity index is 2.19. The fourth-order valence-electron chi connectivity index (χ4n) is 2.54. The molecule has 1 atom stereocenters. The van der Waals surface area contributed by atoms with E-state index >= 15 is 0 Å². The molecule has 5 heteroatoms. The van der Waals surface area contributed by atoms with Gasteiger partial charge in [-0.3, -0.25) is 4.79 Å². The Morgan fingerprint density at radius 2 is 1.81 bits per heavy atom. The molecule has 2 aromatic carbocycles. The predicted molar refractivity (Wildman–Crippen MR) is 105 cm³/mol. The van der Waals surface area contributed by atoms with Crippen molar-refractivity contribution in [1.82, 2.24) is 5.32 Å². The molecule has 27 heavy (non-hydrogen) atoms. The maximum atomic E-state index is 12.5. The Hall–Kier alpha value is -3.26. The van der Waals surface area contributed by atoms with E-state index in [0.29, 0.717) is 17.1 Å². The molecule has 0 aliphatic carbocycles. The van der Waals surface area contributed by atoms with Gasteiger partial charge in [0.25, 0.3) is 5.91 Å². The van der Waals surface area contributed by atoms with Gasteiger partial charge in [-0.15, -0.1) is 0 Å². The van der Waals surface area contributed by atoms with Crippen LogP contribution in [-0.2, 0) is 4.79 Å². The highest BCUT2D eigenvalue weighted by atomic mass is 16.5. The summed E-state index contributed by atoms with van der Waals surface area (Å²) >= 11 is 0. The van der Waals surface area contributed by atoms with E-state index in [-0.39, 0.29) is 17.7 Å². The number of nitrogens with zero attached hydrogens (tertiary/aromatic N) is 1. The first kappa shape index (κ1) is 20.1. The van der Waals surface area contributed by atoms with Gasteiger partial charge in [0, 0.05) is 0 Å². The molecule has 140 valence electrons. The third-order valence-corrected chi connectivity index (χ3v) is 3.87. The van der Waals surface area contributed by atoms with Crippen LogP contribution in [-0.4, -0.2) is 19.1 Å². The van der Waals surface area contributed by atoms with E-state index in [2.05, 4.69) is 5.32 Å². The number of hydrogen-bond donors (Lipinski definition) is 1. The van der Waals surface area contributed by atoms with Gasteiger partial charge in [-0.1, -0.05) is 36.4 Å². The van der Waals surface area contributed by atoms with Crippen molar-refractivity contribution in [1.29, 1.82) is 5.26 Å². The molecule has 0 saturated carbocycles. The largest absolute Gasteiger partial charge is 0.493 e. The summed E-state index contributed by atoms with van der Waals surface area (Å²) in [6, 6.07) is 16.6. The van der Waals surface area contributed by atoms with Crippen molar-refractivity contribution in [2.45, 2.75) is 32.9 Å². The smallest absolute Gasteiger partial charge is 0.262 e. The molecular weight excluding hydrogens is 340 g/mol. The van der Waals surface area contributed by atoms with E-state index in [9.17, 15) is 10.1 Å². The van der Waals surface area contributed by atoms with Gasteiger partial charge in [0.1, 0.15) is 11.6 Å². The molecule has 0 aliphatic rings. The molecule has 5 nitrogen and oxygen atoms in total. The lowest BCUT2D eigenvalue weighted by Crippen LogP contribution is -2.27. The first-order chi connectivity index (χ1) is 12.9. The number of hydrogen-bond acceptors (Lipinski definition) is 4. The Kier molecular flexibility index (Phi) is 7.01. The molecule has 0 aliphatic heterocycles. The van der Waals surface area contributed by atoms with E-state index in [0.717, 1.165) is 5.56 Å². The van der Waals surface area contributed by atoms with Crippen molar-refractivity contribution in [2.24, 2.45) is 0 Å². The van der Waals surface area contributed by atoms with Gasteiger partial charge < -0.3 is 14.8 Å². The molecule has 0 unspecified atom stereocenters. The molecule has 0 aromatic heterocycles. The van der Waals surface area contributed by atoms with Gasteiger partial charge in [0.2, 0.25) is 0 Å². The Morgan fingerprint density at radius 1 is 1.11 bits per heavy atom. The zero-order chi connectivity index (χ0) is 19.8. The van der Waals surface area contributed by atoms with Crippen LogP contribution < -0.4 is 14.8 Å². The van der Waals surface area contributed by atoms with E-state index < -0.39 is 5.91 Å². The van der Waals surface area contributed by atoms with Crippen molar-refractivity contribution < 1.29 is 14.3 Å². The third-order valence-electron chi connectivity index (χ3n) is 3.87. The summed E-state index contributed by atoms with van der Waals surface area (Å²) in [5, 5.41) is 12.3. The van der Waals surface area contributed by atoms with Crippen molar-refractivity contribution in [3.05, 3.63) is 65.2 Å². The summed E-state index contributed by atoms with van der Waals surface area (Å²) in [7, 11) is 1.55. The van der Waals surface area contributed by atoms with Crippen LogP contribution in [0.25, 0.3) is 6.08 Å². The zero-order valence-corrected chi connectivity index (χ0v) is 16.0. The van der Waals surface area contributed by atoms with Gasteiger partial charge in [-0.2, -0.15) is 5.26 Å². The van der Waals surface area contributed by atoms with Crippen LogP contribution in [0.2, 0.25) is 0 Å². The van der Waals surface area contributed by atoms with Crippen LogP contribution >= 0.6 is 0 Å². The number of amides is 1. The molecule has 0 heterocycles. The van der Waals surface area contributed by atoms with Crippen LogP contribution in [0.4, 0.5) is 0 Å². The van der Waals surface area contributed by atoms with Crippen LogP contribution in [0.3, 0.4) is 0 Å². The summed E-state index contributed by atoms with van der Waals surface area (Å²) < 4.78 is 11.0. The number of carbonyl (C=O) groups is 1. The minimum atomic E-state index is -0.421. The highest BCUT2D eigenvalue weighted by molar-refractivity contribution is 6.01. The molecule has 0 bridgehead atoms. The summed E-state index contributed by atoms with van der Waals surface area (Å²) in [6.45, 7) is 5.74. The van der Waals surface area contributed by atoms with Crippen molar-refractivity contribution in [2.75, 3.05) is 7.11 Å². The molecule has 1 amide bonds. The highest BCUT2D eigenvalue weighted by Crippen LogP contribution is 2.29. The lowest BCUT2D eigenvalue weighted by molar-refractivity contribution is -0.117. The molecule has 0 saturated heterocycles. The van der Waals surface area contributed by atoms with E-state index in [4.69, 9.17) is 9.47 Å². The van der Waals surface area contributed by atoms with Crippen LogP contribution in [0.1, 0.15) is 37.9 Å². The van der Waals surface area contributed by atoms with Gasteiger partial charge in [0.15, 0.2) is 11.5 Å². The maximum Gasteiger partial charge on any atom is 0.262 e. The number of nitriles is 1. The fourth-order valence-corrected chi connectivity index (χ4v) is 2.54. The average molecular weight is 364 g/mol. The third kappa shape index (κ3) is 5.61. The zero-order valence-electron chi connectivity index (χ0n) is 16.0. The van der Waals surface area contributed by atoms with Crippen LogP contribution in [0.15, 0.2) is 54.1 Å². The van der Waals surface area contributed by atoms with Crippen molar-refractivity contribution in [3.63, 3.8) is 0 Å². The number of carbonyl (C=O) groups excluding carboxylic acids is 1. The van der Waals surface area contributed by atoms with Crippen molar-refractivity contribution >= 4 is 12.0 Å². The minimum absolute atomic E-state index is 0.0141. The minimum Gasteiger partial charge on any atom is -0.493 e. The van der Waals surface area contributed by atoms with Crippen molar-refractivity contribution in [3.8, 4) is 17.6 Å². The second-order valence-electron chi connectivity index (χ2n) is 6.35. The number of nitrogens with one attached hydrogen (secondary N) is 1. The quantitative estimate of drug-likeness (QED) is 0.588. The number of methoxy groups -OCH3 is 1. The molecule has 2 aromatic rings.